The van der Waals surface area contributed by atoms with E-state index < -0.39 is 0 Å². The van der Waals surface area contributed by atoms with Crippen LogP contribution in [-0.4, -0.2) is 40.5 Å². The molecule has 0 N–H and O–H groups in total. The smallest absolute Gasteiger partial charge is 0.237 e. The van der Waals surface area contributed by atoms with Gasteiger partial charge in [0.15, 0.2) is 0 Å². The van der Waals surface area contributed by atoms with Crippen LogP contribution < -0.4 is 0 Å². The Morgan fingerprint density at radius 1 is 1.32 bits per heavy atom. The molecule has 1 fully saturated rings. The quantitative estimate of drug-likeness (QED) is 0.762. The van der Waals surface area contributed by atoms with Crippen LogP contribution in [0.1, 0.15) is 41.8 Å². The predicted octanol–water partition coefficient (Wildman–Crippen LogP) is 3.03. The van der Waals surface area contributed by atoms with E-state index in [9.17, 15) is 9.59 Å². The first-order valence-electron chi connectivity index (χ1n) is 8.91. The van der Waals surface area contributed by atoms with E-state index in [2.05, 4.69) is 24.3 Å². The number of nitrogens with zero attached hydrogens (tertiary/aromatic N) is 2. The number of Topliss-reactive ketones (excluding diaryl/α,β-unsaturated/α-hetero) is 1. The Balaban J connectivity index is 1.61. The number of carbonyl (C=O) groups excluding carboxylic acids is 2. The standard InChI is InChI=1S/C20H21ClN2O2/c21-12-20(25)23-8-6-13(7-9-23)17-10-15(11-19(24)14-4-5-14)22-18-3-1-2-16(17)18/h1-2,6,10,14H,3-5,7-9,11-12H2. The van der Waals surface area contributed by atoms with Gasteiger partial charge in [-0.1, -0.05) is 18.2 Å². The van der Waals surface area contributed by atoms with Gasteiger partial charge in [-0.05, 0) is 36.5 Å². The van der Waals surface area contributed by atoms with Gasteiger partial charge in [-0.25, -0.2) is 0 Å². The SMILES string of the molecule is O=C(Cc1cc(C2=CCN(C(=O)CCl)CC2)c2c(n1)CC=C2)C1CC1. The fraction of sp³-hybridized carbons (Fsp3) is 0.450. The molecule has 4 nitrogen and oxygen atoms in total. The third-order valence-electron chi connectivity index (χ3n) is 5.20. The van der Waals surface area contributed by atoms with Crippen molar-refractivity contribution in [1.82, 2.24) is 9.88 Å². The maximum absolute atomic E-state index is 12.2. The number of halogens is 1. The minimum atomic E-state index is -0.0208. The number of pyridine rings is 1. The van der Waals surface area contributed by atoms with Crippen molar-refractivity contribution in [2.45, 2.75) is 32.1 Å². The first kappa shape index (κ1) is 16.5. The summed E-state index contributed by atoms with van der Waals surface area (Å²) >= 11 is 5.65. The summed E-state index contributed by atoms with van der Waals surface area (Å²) in [6.07, 6.45) is 10.5. The molecule has 25 heavy (non-hydrogen) atoms. The van der Waals surface area contributed by atoms with E-state index in [0.717, 1.165) is 37.1 Å². The van der Waals surface area contributed by atoms with Crippen molar-refractivity contribution in [2.24, 2.45) is 5.92 Å². The molecule has 0 aromatic carbocycles. The largest absolute Gasteiger partial charge is 0.338 e. The molecule has 0 unspecified atom stereocenters. The highest BCUT2D eigenvalue weighted by molar-refractivity contribution is 6.27. The number of hydrogen-bond acceptors (Lipinski definition) is 3. The molecule has 2 aliphatic carbocycles. The molecule has 0 atom stereocenters. The van der Waals surface area contributed by atoms with Crippen LogP contribution in [0.5, 0.6) is 0 Å². The summed E-state index contributed by atoms with van der Waals surface area (Å²) in [5, 5.41) is 0. The molecule has 1 aromatic heterocycles. The molecule has 1 aliphatic heterocycles. The maximum Gasteiger partial charge on any atom is 0.237 e. The zero-order valence-corrected chi connectivity index (χ0v) is 14.9. The van der Waals surface area contributed by atoms with E-state index in [-0.39, 0.29) is 17.7 Å². The third kappa shape index (κ3) is 3.40. The number of fused-ring (bicyclic) bond motifs is 1. The molecule has 130 valence electrons. The van der Waals surface area contributed by atoms with Gasteiger partial charge in [-0.2, -0.15) is 0 Å². The molecule has 1 saturated carbocycles. The summed E-state index contributed by atoms with van der Waals surface area (Å²) in [6.45, 7) is 1.28. The number of allylic oxidation sites excluding steroid dienone is 1. The zero-order chi connectivity index (χ0) is 17.4. The van der Waals surface area contributed by atoms with E-state index in [0.29, 0.717) is 25.3 Å². The van der Waals surface area contributed by atoms with Crippen molar-refractivity contribution in [3.05, 3.63) is 40.7 Å². The van der Waals surface area contributed by atoms with E-state index in [1.807, 2.05) is 0 Å². The van der Waals surface area contributed by atoms with Crippen LogP contribution in [0.25, 0.3) is 11.6 Å². The van der Waals surface area contributed by atoms with Gasteiger partial charge in [-0.3, -0.25) is 14.6 Å². The second kappa shape index (κ2) is 6.75. The molecular weight excluding hydrogens is 336 g/mol. The average molecular weight is 357 g/mol. The molecular formula is C20H21ClN2O2. The number of amides is 1. The van der Waals surface area contributed by atoms with E-state index in [4.69, 9.17) is 16.6 Å². The van der Waals surface area contributed by atoms with Gasteiger partial charge in [0.2, 0.25) is 5.91 Å². The Morgan fingerprint density at radius 2 is 2.16 bits per heavy atom. The molecule has 0 saturated heterocycles. The summed E-state index contributed by atoms with van der Waals surface area (Å²) in [5.41, 5.74) is 5.54. The molecule has 3 aliphatic rings. The summed E-state index contributed by atoms with van der Waals surface area (Å²) < 4.78 is 0. The summed E-state index contributed by atoms with van der Waals surface area (Å²) in [7, 11) is 0. The summed E-state index contributed by atoms with van der Waals surface area (Å²) in [6, 6.07) is 2.08. The maximum atomic E-state index is 12.2. The van der Waals surface area contributed by atoms with Gasteiger partial charge in [-0.15, -0.1) is 11.6 Å². The van der Waals surface area contributed by atoms with Crippen LogP contribution in [0.15, 0.2) is 18.2 Å². The van der Waals surface area contributed by atoms with Gasteiger partial charge in [0.1, 0.15) is 11.7 Å². The molecule has 0 radical (unpaired) electrons. The molecule has 1 amide bonds. The molecule has 5 heteroatoms. The number of hydrogen-bond donors (Lipinski definition) is 0. The van der Waals surface area contributed by atoms with Crippen molar-refractivity contribution in [1.29, 1.82) is 0 Å². The van der Waals surface area contributed by atoms with Crippen LogP contribution >= 0.6 is 11.6 Å². The Morgan fingerprint density at radius 3 is 2.84 bits per heavy atom. The fourth-order valence-corrected chi connectivity index (χ4v) is 3.77. The van der Waals surface area contributed by atoms with Gasteiger partial charge < -0.3 is 4.90 Å². The average Bonchev–Trinajstić information content (AvgIpc) is 3.39. The topological polar surface area (TPSA) is 50.3 Å². The number of alkyl halides is 1. The van der Waals surface area contributed by atoms with Crippen LogP contribution in [-0.2, 0) is 22.4 Å². The van der Waals surface area contributed by atoms with Crippen molar-refractivity contribution < 1.29 is 9.59 Å². The Bertz CT molecular complexity index is 793. The second-order valence-electron chi connectivity index (χ2n) is 7.00. The molecule has 2 heterocycles. The number of carbonyl (C=O) groups is 2. The minimum Gasteiger partial charge on any atom is -0.338 e. The normalized spacial score (nSPS) is 18.9. The van der Waals surface area contributed by atoms with E-state index >= 15 is 0 Å². The Labute approximate surface area is 152 Å². The van der Waals surface area contributed by atoms with Crippen LogP contribution in [0, 0.1) is 5.92 Å². The number of ketones is 1. The summed E-state index contributed by atoms with van der Waals surface area (Å²) in [5.74, 6) is 0.596. The van der Waals surface area contributed by atoms with Crippen molar-refractivity contribution in [3.8, 4) is 0 Å². The lowest BCUT2D eigenvalue weighted by Crippen LogP contribution is -2.35. The Hall–Kier alpha value is -1.94. The third-order valence-corrected chi connectivity index (χ3v) is 5.43. The number of rotatable bonds is 5. The van der Waals surface area contributed by atoms with Crippen LogP contribution in [0.4, 0.5) is 0 Å². The van der Waals surface area contributed by atoms with Crippen LogP contribution in [0.2, 0.25) is 0 Å². The highest BCUT2D eigenvalue weighted by Crippen LogP contribution is 2.34. The first-order chi connectivity index (χ1) is 12.2. The Kier molecular flexibility index (Phi) is 4.46. The van der Waals surface area contributed by atoms with E-state index in [1.165, 1.54) is 16.7 Å². The van der Waals surface area contributed by atoms with Gasteiger partial charge >= 0.3 is 0 Å². The van der Waals surface area contributed by atoms with Crippen molar-refractivity contribution in [3.63, 3.8) is 0 Å². The van der Waals surface area contributed by atoms with Crippen LogP contribution in [0.3, 0.4) is 0 Å². The molecule has 0 bridgehead atoms. The first-order valence-corrected chi connectivity index (χ1v) is 9.44. The van der Waals surface area contributed by atoms with Crippen molar-refractivity contribution >= 4 is 34.9 Å². The van der Waals surface area contributed by atoms with Gasteiger partial charge in [0, 0.05) is 43.1 Å². The van der Waals surface area contributed by atoms with Gasteiger partial charge in [0.05, 0.1) is 5.69 Å². The van der Waals surface area contributed by atoms with Gasteiger partial charge in [0.25, 0.3) is 0 Å². The molecule has 1 aromatic rings. The van der Waals surface area contributed by atoms with Crippen molar-refractivity contribution in [2.75, 3.05) is 19.0 Å². The number of aromatic nitrogens is 1. The highest BCUT2D eigenvalue weighted by Gasteiger charge is 2.30. The summed E-state index contributed by atoms with van der Waals surface area (Å²) in [4.78, 5) is 30.4. The van der Waals surface area contributed by atoms with E-state index in [1.54, 1.807) is 4.90 Å². The second-order valence-corrected chi connectivity index (χ2v) is 7.27. The zero-order valence-electron chi connectivity index (χ0n) is 14.1. The highest BCUT2D eigenvalue weighted by atomic mass is 35.5. The molecule has 4 rings (SSSR count). The fourth-order valence-electron chi connectivity index (χ4n) is 3.60. The minimum absolute atomic E-state index is 0.0208. The lowest BCUT2D eigenvalue weighted by molar-refractivity contribution is -0.128. The monoisotopic (exact) mass is 356 g/mol. The predicted molar refractivity (Wildman–Crippen MR) is 98.3 cm³/mol. The molecule has 0 spiro atoms. The lowest BCUT2D eigenvalue weighted by Gasteiger charge is -2.27. The lowest BCUT2D eigenvalue weighted by atomic mass is 9.93.